The lowest BCUT2D eigenvalue weighted by Gasteiger charge is -2.04. The molecule has 0 bridgehead atoms. The fourth-order valence-corrected chi connectivity index (χ4v) is 1.92. The van der Waals surface area contributed by atoms with Gasteiger partial charge >= 0.3 is 0 Å². The lowest BCUT2D eigenvalue weighted by atomic mass is 10.4. The Bertz CT molecular complexity index is 547. The summed E-state index contributed by atoms with van der Waals surface area (Å²) in [6.45, 7) is 2.50. The second kappa shape index (κ2) is 4.31. The van der Waals surface area contributed by atoms with Crippen LogP contribution in [0.3, 0.4) is 0 Å². The molecule has 0 aliphatic heterocycles. The van der Waals surface area contributed by atoms with Crippen molar-refractivity contribution >= 4 is 22.8 Å². The molecule has 2 aromatic heterocycles. The first-order valence-corrected chi connectivity index (χ1v) is 5.47. The number of aromatic nitrogens is 3. The molecular weight excluding hydrogens is 226 g/mol. The lowest BCUT2D eigenvalue weighted by molar-refractivity contribution is 1.05. The van der Waals surface area contributed by atoms with E-state index in [1.165, 1.54) is 6.33 Å². The highest BCUT2D eigenvalue weighted by Gasteiger charge is 2.04. The van der Waals surface area contributed by atoms with Crippen molar-refractivity contribution in [2.75, 3.05) is 11.1 Å². The van der Waals surface area contributed by atoms with Crippen LogP contribution in [0.15, 0.2) is 17.3 Å². The number of rotatable bonds is 3. The molecule has 2 aromatic rings. The highest BCUT2D eigenvalue weighted by atomic mass is 32.1. The van der Waals surface area contributed by atoms with Crippen LogP contribution in [0, 0.1) is 6.92 Å². The number of nitrogens with one attached hydrogen (secondary N) is 2. The summed E-state index contributed by atoms with van der Waals surface area (Å²) in [6, 6.07) is 0. The SMILES string of the molecule is Cc1cnc(CNc2nc[nH]c(=O)c2N)s1. The monoisotopic (exact) mass is 237 g/mol. The van der Waals surface area contributed by atoms with Crippen LogP contribution in [0.4, 0.5) is 11.5 Å². The van der Waals surface area contributed by atoms with Crippen molar-refractivity contribution in [3.05, 3.63) is 32.8 Å². The summed E-state index contributed by atoms with van der Waals surface area (Å²) in [5.41, 5.74) is 5.32. The second-order valence-electron chi connectivity index (χ2n) is 3.21. The number of thiazole rings is 1. The molecule has 0 aromatic carbocycles. The van der Waals surface area contributed by atoms with Crippen LogP contribution < -0.4 is 16.6 Å². The van der Waals surface area contributed by atoms with E-state index >= 15 is 0 Å². The lowest BCUT2D eigenvalue weighted by Crippen LogP contribution is -2.16. The zero-order valence-electron chi connectivity index (χ0n) is 8.65. The van der Waals surface area contributed by atoms with E-state index in [9.17, 15) is 4.79 Å². The number of hydrogen-bond acceptors (Lipinski definition) is 6. The average molecular weight is 237 g/mol. The summed E-state index contributed by atoms with van der Waals surface area (Å²) in [5, 5.41) is 3.90. The van der Waals surface area contributed by atoms with Gasteiger partial charge in [-0.05, 0) is 6.92 Å². The van der Waals surface area contributed by atoms with Crippen molar-refractivity contribution in [1.29, 1.82) is 0 Å². The minimum atomic E-state index is -0.340. The van der Waals surface area contributed by atoms with Crippen molar-refractivity contribution < 1.29 is 0 Å². The van der Waals surface area contributed by atoms with Gasteiger partial charge in [0.25, 0.3) is 5.56 Å². The zero-order chi connectivity index (χ0) is 11.5. The van der Waals surface area contributed by atoms with Gasteiger partial charge in [-0.1, -0.05) is 0 Å². The van der Waals surface area contributed by atoms with Gasteiger partial charge in [0, 0.05) is 11.1 Å². The molecule has 2 heterocycles. The molecule has 4 N–H and O–H groups in total. The van der Waals surface area contributed by atoms with Gasteiger partial charge in [0.15, 0.2) is 5.82 Å². The van der Waals surface area contributed by atoms with Crippen molar-refractivity contribution in [3.63, 3.8) is 0 Å². The third-order valence-corrected chi connectivity index (χ3v) is 2.88. The molecule has 0 amide bonds. The van der Waals surface area contributed by atoms with Crippen molar-refractivity contribution in [2.45, 2.75) is 13.5 Å². The minimum Gasteiger partial charge on any atom is -0.391 e. The van der Waals surface area contributed by atoms with E-state index in [2.05, 4.69) is 20.3 Å². The summed E-state index contributed by atoms with van der Waals surface area (Å²) in [5.74, 6) is 0.386. The molecule has 0 atom stereocenters. The van der Waals surface area contributed by atoms with Crippen LogP contribution in [0.5, 0.6) is 0 Å². The minimum absolute atomic E-state index is 0.0933. The summed E-state index contributed by atoms with van der Waals surface area (Å²) in [7, 11) is 0. The molecule has 0 radical (unpaired) electrons. The van der Waals surface area contributed by atoms with E-state index in [4.69, 9.17) is 5.73 Å². The van der Waals surface area contributed by atoms with Gasteiger partial charge in [-0.2, -0.15) is 0 Å². The van der Waals surface area contributed by atoms with Gasteiger partial charge in [0.1, 0.15) is 10.7 Å². The Balaban J connectivity index is 2.10. The van der Waals surface area contributed by atoms with Gasteiger partial charge in [-0.25, -0.2) is 9.97 Å². The molecule has 6 nitrogen and oxygen atoms in total. The standard InChI is InChI=1S/C9H11N5OS/c1-5-2-11-6(16-5)3-12-8-7(10)9(15)14-4-13-8/h2,4H,3,10H2,1H3,(H2,12,13,14,15). The number of nitrogens with zero attached hydrogens (tertiary/aromatic N) is 2. The van der Waals surface area contributed by atoms with E-state index in [0.29, 0.717) is 12.4 Å². The van der Waals surface area contributed by atoms with E-state index in [-0.39, 0.29) is 11.2 Å². The first kappa shape index (κ1) is 10.6. The molecule has 0 unspecified atom stereocenters. The van der Waals surface area contributed by atoms with Gasteiger partial charge < -0.3 is 16.0 Å². The van der Waals surface area contributed by atoms with Crippen LogP contribution in [0.25, 0.3) is 0 Å². The molecule has 16 heavy (non-hydrogen) atoms. The Morgan fingerprint density at radius 2 is 2.38 bits per heavy atom. The molecule has 7 heteroatoms. The van der Waals surface area contributed by atoms with Crippen LogP contribution in [-0.4, -0.2) is 15.0 Å². The molecule has 2 rings (SSSR count). The van der Waals surface area contributed by atoms with E-state index in [1.54, 1.807) is 17.5 Å². The Morgan fingerprint density at radius 3 is 3.06 bits per heavy atom. The molecule has 0 saturated heterocycles. The molecule has 0 fully saturated rings. The number of aromatic amines is 1. The van der Waals surface area contributed by atoms with E-state index < -0.39 is 0 Å². The van der Waals surface area contributed by atoms with Gasteiger partial charge in [0.2, 0.25) is 0 Å². The topological polar surface area (TPSA) is 96.7 Å². The van der Waals surface area contributed by atoms with Gasteiger partial charge in [-0.3, -0.25) is 4.79 Å². The third-order valence-electron chi connectivity index (χ3n) is 1.97. The molecule has 84 valence electrons. The number of anilines is 2. The quantitative estimate of drug-likeness (QED) is 0.731. The maximum atomic E-state index is 11.2. The largest absolute Gasteiger partial charge is 0.391 e. The highest BCUT2D eigenvalue weighted by molar-refractivity contribution is 7.11. The predicted octanol–water partition coefficient (Wildman–Crippen LogP) is 0.729. The van der Waals surface area contributed by atoms with Crippen LogP contribution >= 0.6 is 11.3 Å². The maximum absolute atomic E-state index is 11.2. The fourth-order valence-electron chi connectivity index (χ4n) is 1.19. The Morgan fingerprint density at radius 1 is 1.56 bits per heavy atom. The summed E-state index contributed by atoms with van der Waals surface area (Å²) >= 11 is 1.59. The smallest absolute Gasteiger partial charge is 0.276 e. The molecule has 0 aliphatic rings. The molecule has 0 spiro atoms. The Kier molecular flexibility index (Phi) is 2.86. The summed E-state index contributed by atoms with van der Waals surface area (Å²) in [4.78, 5) is 22.9. The number of nitrogen functional groups attached to an aromatic ring is 1. The molecule has 0 saturated carbocycles. The highest BCUT2D eigenvalue weighted by Crippen LogP contribution is 2.14. The second-order valence-corrected chi connectivity index (χ2v) is 4.53. The van der Waals surface area contributed by atoms with Crippen molar-refractivity contribution in [3.8, 4) is 0 Å². The van der Waals surface area contributed by atoms with E-state index in [0.717, 1.165) is 9.88 Å². The van der Waals surface area contributed by atoms with Gasteiger partial charge in [0.05, 0.1) is 12.9 Å². The van der Waals surface area contributed by atoms with Crippen LogP contribution in [0.1, 0.15) is 9.88 Å². The van der Waals surface area contributed by atoms with Crippen molar-refractivity contribution in [2.24, 2.45) is 0 Å². The molecular formula is C9H11N5OS. The third kappa shape index (κ3) is 2.19. The van der Waals surface area contributed by atoms with Crippen LogP contribution in [-0.2, 0) is 6.54 Å². The fraction of sp³-hybridized carbons (Fsp3) is 0.222. The number of aryl methyl sites for hydroxylation is 1. The summed E-state index contributed by atoms with van der Waals surface area (Å²) in [6.07, 6.45) is 3.12. The average Bonchev–Trinajstić information content (AvgIpc) is 2.67. The zero-order valence-corrected chi connectivity index (χ0v) is 9.47. The van der Waals surface area contributed by atoms with Gasteiger partial charge in [-0.15, -0.1) is 11.3 Å². The summed E-state index contributed by atoms with van der Waals surface area (Å²) < 4.78 is 0. The first-order valence-electron chi connectivity index (χ1n) is 4.65. The van der Waals surface area contributed by atoms with Crippen LogP contribution in [0.2, 0.25) is 0 Å². The molecule has 0 aliphatic carbocycles. The maximum Gasteiger partial charge on any atom is 0.276 e. The Hall–Kier alpha value is -1.89. The van der Waals surface area contributed by atoms with Crippen molar-refractivity contribution in [1.82, 2.24) is 15.0 Å². The first-order chi connectivity index (χ1) is 7.66. The Labute approximate surface area is 95.6 Å². The number of hydrogen-bond donors (Lipinski definition) is 3. The number of H-pyrrole nitrogens is 1. The van der Waals surface area contributed by atoms with E-state index in [1.807, 2.05) is 6.92 Å². The predicted molar refractivity (Wildman–Crippen MR) is 63.4 cm³/mol. The number of nitrogens with two attached hydrogens (primary N) is 1. The normalized spacial score (nSPS) is 10.3.